The summed E-state index contributed by atoms with van der Waals surface area (Å²) in [6.45, 7) is 9.06. The largest absolute Gasteiger partial charge is 0.289 e. The van der Waals surface area contributed by atoms with Crippen molar-refractivity contribution in [3.63, 3.8) is 0 Å². The van der Waals surface area contributed by atoms with E-state index in [0.29, 0.717) is 24.7 Å². The van der Waals surface area contributed by atoms with Crippen LogP contribution in [0.4, 0.5) is 0 Å². The molecule has 2 aliphatic carbocycles. The second-order valence-electron chi connectivity index (χ2n) is 12.4. The monoisotopic (exact) mass is 534 g/mol. The van der Waals surface area contributed by atoms with E-state index < -0.39 is 0 Å². The molecule has 0 radical (unpaired) electrons. The molecule has 3 aromatic carbocycles. The van der Waals surface area contributed by atoms with Crippen LogP contribution in [0.25, 0.3) is 0 Å². The molecule has 2 unspecified atom stereocenters. The van der Waals surface area contributed by atoms with Gasteiger partial charge in [0.2, 0.25) is 0 Å². The van der Waals surface area contributed by atoms with Gasteiger partial charge < -0.3 is 0 Å². The highest BCUT2D eigenvalue weighted by Crippen LogP contribution is 2.35. The fraction of sp³-hybridized carbons (Fsp3) is 0.474. The predicted molar refractivity (Wildman–Crippen MR) is 166 cm³/mol. The van der Waals surface area contributed by atoms with Crippen LogP contribution in [0.2, 0.25) is 0 Å². The summed E-state index contributed by atoms with van der Waals surface area (Å²) < 4.78 is 0. The Hall–Kier alpha value is -3.00. The zero-order chi connectivity index (χ0) is 28.2. The molecule has 0 saturated heterocycles. The standard InChI is InChI=1S/C38H46O2/c1-5-9-11-25(7-3)17-27-13-15-29-21-31-24-36-32(23-35(31)37(39)33(29)19-27)22-30-16-14-28(20-34(30)38(36)40)18-26(8-4)12-10-6-2/h13-16,19-20,23-26H,5-12,17-18,21-22H2,1-4H3. The van der Waals surface area contributed by atoms with E-state index >= 15 is 0 Å². The van der Waals surface area contributed by atoms with E-state index in [1.807, 2.05) is 12.1 Å². The average Bonchev–Trinajstić information content (AvgIpc) is 2.97. The summed E-state index contributed by atoms with van der Waals surface area (Å²) in [5.74, 6) is 1.58. The Morgan fingerprint density at radius 1 is 0.550 bits per heavy atom. The Morgan fingerprint density at radius 2 is 0.950 bits per heavy atom. The van der Waals surface area contributed by atoms with Crippen LogP contribution in [0.5, 0.6) is 0 Å². The molecule has 40 heavy (non-hydrogen) atoms. The van der Waals surface area contributed by atoms with Crippen LogP contribution in [0, 0.1) is 11.8 Å². The smallest absolute Gasteiger partial charge is 0.193 e. The lowest BCUT2D eigenvalue weighted by molar-refractivity contribution is 0.102. The molecule has 0 heterocycles. The number of hydrogen-bond acceptors (Lipinski definition) is 2. The average molecular weight is 535 g/mol. The lowest BCUT2D eigenvalue weighted by atomic mass is 9.77. The van der Waals surface area contributed by atoms with Crippen LogP contribution in [-0.4, -0.2) is 11.6 Å². The number of carbonyl (C=O) groups excluding carboxylic acids is 2. The lowest BCUT2D eigenvalue weighted by Crippen LogP contribution is -2.21. The van der Waals surface area contributed by atoms with Crippen molar-refractivity contribution in [1.29, 1.82) is 0 Å². The number of carbonyl (C=O) groups is 2. The molecule has 0 fully saturated rings. The topological polar surface area (TPSA) is 34.1 Å². The second-order valence-corrected chi connectivity index (χ2v) is 12.4. The third-order valence-electron chi connectivity index (χ3n) is 9.55. The first-order chi connectivity index (χ1) is 19.4. The fourth-order valence-electron chi connectivity index (χ4n) is 6.89. The first-order valence-electron chi connectivity index (χ1n) is 15.9. The van der Waals surface area contributed by atoms with Crippen LogP contribution in [0.1, 0.15) is 144 Å². The van der Waals surface area contributed by atoms with Crippen LogP contribution in [0.3, 0.4) is 0 Å². The van der Waals surface area contributed by atoms with Crippen molar-refractivity contribution in [2.24, 2.45) is 11.8 Å². The summed E-state index contributed by atoms with van der Waals surface area (Å²) in [4.78, 5) is 27.5. The first kappa shape index (κ1) is 28.5. The summed E-state index contributed by atoms with van der Waals surface area (Å²) in [6, 6.07) is 17.1. The van der Waals surface area contributed by atoms with Crippen molar-refractivity contribution in [2.45, 2.75) is 105 Å². The number of unbranched alkanes of at least 4 members (excludes halogenated alkanes) is 2. The summed E-state index contributed by atoms with van der Waals surface area (Å²) in [6.07, 6.45) is 13.4. The lowest BCUT2D eigenvalue weighted by Gasteiger charge is -2.25. The maximum absolute atomic E-state index is 13.8. The fourth-order valence-corrected chi connectivity index (χ4v) is 6.89. The molecule has 0 saturated carbocycles. The van der Waals surface area contributed by atoms with Crippen LogP contribution in [0.15, 0.2) is 48.5 Å². The van der Waals surface area contributed by atoms with E-state index in [0.717, 1.165) is 57.3 Å². The van der Waals surface area contributed by atoms with Crippen molar-refractivity contribution in [2.75, 3.05) is 0 Å². The zero-order valence-electron chi connectivity index (χ0n) is 25.1. The van der Waals surface area contributed by atoms with E-state index in [1.165, 1.54) is 62.5 Å². The van der Waals surface area contributed by atoms with E-state index in [4.69, 9.17) is 0 Å². The number of fused-ring (bicyclic) bond motifs is 4. The summed E-state index contributed by atoms with van der Waals surface area (Å²) in [5.41, 5.74) is 10.0. The SMILES string of the molecule is CCCCC(CC)Cc1ccc2c(c1)C(=O)c1cc3c(cc1C2)C(=O)c1cc(CC(CC)CCCC)ccc1C3. The number of benzene rings is 3. The normalized spacial score (nSPS) is 15.2. The minimum atomic E-state index is 0.119. The van der Waals surface area contributed by atoms with Crippen molar-refractivity contribution < 1.29 is 9.59 Å². The highest BCUT2D eigenvalue weighted by molar-refractivity contribution is 6.16. The van der Waals surface area contributed by atoms with Gasteiger partial charge in [0.25, 0.3) is 0 Å². The Bertz CT molecular complexity index is 1290. The highest BCUT2D eigenvalue weighted by atomic mass is 16.1. The summed E-state index contributed by atoms with van der Waals surface area (Å²) in [7, 11) is 0. The minimum absolute atomic E-state index is 0.119. The number of ketones is 2. The molecular weight excluding hydrogens is 488 g/mol. The first-order valence-corrected chi connectivity index (χ1v) is 15.9. The second kappa shape index (κ2) is 12.7. The summed E-state index contributed by atoms with van der Waals surface area (Å²) in [5, 5.41) is 0. The molecular formula is C38H46O2. The van der Waals surface area contributed by atoms with Gasteiger partial charge >= 0.3 is 0 Å². The molecule has 0 aromatic heterocycles. The Balaban J connectivity index is 1.39. The van der Waals surface area contributed by atoms with Crippen LogP contribution < -0.4 is 0 Å². The molecule has 210 valence electrons. The van der Waals surface area contributed by atoms with Crippen molar-refractivity contribution in [1.82, 2.24) is 0 Å². The molecule has 0 amide bonds. The maximum Gasteiger partial charge on any atom is 0.193 e. The summed E-state index contributed by atoms with van der Waals surface area (Å²) >= 11 is 0. The zero-order valence-corrected chi connectivity index (χ0v) is 25.1. The third kappa shape index (κ3) is 5.87. The van der Waals surface area contributed by atoms with Gasteiger partial charge in [0.05, 0.1) is 0 Å². The van der Waals surface area contributed by atoms with Gasteiger partial charge in [-0.3, -0.25) is 9.59 Å². The molecule has 0 aliphatic heterocycles. The number of rotatable bonds is 12. The third-order valence-corrected chi connectivity index (χ3v) is 9.55. The van der Waals surface area contributed by atoms with Crippen LogP contribution >= 0.6 is 0 Å². The maximum atomic E-state index is 13.8. The van der Waals surface area contributed by atoms with E-state index in [2.05, 4.69) is 64.1 Å². The minimum Gasteiger partial charge on any atom is -0.289 e. The van der Waals surface area contributed by atoms with Gasteiger partial charge in [0.1, 0.15) is 0 Å². The van der Waals surface area contributed by atoms with Gasteiger partial charge in [-0.2, -0.15) is 0 Å². The molecule has 2 nitrogen and oxygen atoms in total. The Kier molecular flexibility index (Phi) is 9.03. The van der Waals surface area contributed by atoms with Crippen molar-refractivity contribution in [3.8, 4) is 0 Å². The molecule has 0 bridgehead atoms. The molecule has 0 spiro atoms. The Labute approximate surface area is 241 Å². The predicted octanol–water partition coefficient (Wildman–Crippen LogP) is 9.47. The molecule has 2 heteroatoms. The van der Waals surface area contributed by atoms with Gasteiger partial charge in [-0.25, -0.2) is 0 Å². The van der Waals surface area contributed by atoms with E-state index in [9.17, 15) is 9.59 Å². The molecule has 2 aliphatic rings. The van der Waals surface area contributed by atoms with E-state index in [1.54, 1.807) is 0 Å². The van der Waals surface area contributed by atoms with Gasteiger partial charge in [0.15, 0.2) is 11.6 Å². The molecule has 3 aromatic rings. The van der Waals surface area contributed by atoms with Gasteiger partial charge in [0, 0.05) is 22.3 Å². The Morgan fingerprint density at radius 3 is 1.32 bits per heavy atom. The molecule has 2 atom stereocenters. The highest BCUT2D eigenvalue weighted by Gasteiger charge is 2.30. The number of hydrogen-bond donors (Lipinski definition) is 0. The molecule has 5 rings (SSSR count). The van der Waals surface area contributed by atoms with E-state index in [-0.39, 0.29) is 11.6 Å². The molecule has 0 N–H and O–H groups in total. The van der Waals surface area contributed by atoms with Crippen molar-refractivity contribution >= 4 is 11.6 Å². The van der Waals surface area contributed by atoms with Gasteiger partial charge in [-0.05, 0) is 95.2 Å². The van der Waals surface area contributed by atoms with Gasteiger partial charge in [-0.15, -0.1) is 0 Å². The van der Waals surface area contributed by atoms with Gasteiger partial charge in [-0.1, -0.05) is 103 Å². The quantitative estimate of drug-likeness (QED) is 0.160. The van der Waals surface area contributed by atoms with Crippen LogP contribution in [-0.2, 0) is 25.7 Å². The van der Waals surface area contributed by atoms with Crippen molar-refractivity contribution in [3.05, 3.63) is 104 Å².